The van der Waals surface area contributed by atoms with Gasteiger partial charge >= 0.3 is 12.0 Å². The SMILES string of the molecule is O=C1CCN(c2ccccc2C(=O)NC2(C(=O)O)CCCC2)C(=O)N1. The summed E-state index contributed by atoms with van der Waals surface area (Å²) in [6.07, 6.45) is 2.39. The van der Waals surface area contributed by atoms with Gasteiger partial charge < -0.3 is 10.4 Å². The summed E-state index contributed by atoms with van der Waals surface area (Å²) in [7, 11) is 0. The minimum atomic E-state index is -1.26. The van der Waals surface area contributed by atoms with E-state index in [-0.39, 0.29) is 24.4 Å². The van der Waals surface area contributed by atoms with E-state index < -0.39 is 23.4 Å². The van der Waals surface area contributed by atoms with Gasteiger partial charge in [-0.1, -0.05) is 25.0 Å². The number of imide groups is 1. The van der Waals surface area contributed by atoms with E-state index in [2.05, 4.69) is 10.6 Å². The van der Waals surface area contributed by atoms with Crippen molar-refractivity contribution < 1.29 is 24.3 Å². The Morgan fingerprint density at radius 1 is 1.16 bits per heavy atom. The third kappa shape index (κ3) is 3.19. The van der Waals surface area contributed by atoms with Crippen molar-refractivity contribution >= 4 is 29.5 Å². The van der Waals surface area contributed by atoms with Crippen molar-refractivity contribution in [2.75, 3.05) is 11.4 Å². The Morgan fingerprint density at radius 2 is 1.84 bits per heavy atom. The number of carboxylic acids is 1. The number of nitrogens with one attached hydrogen (secondary N) is 2. The molecule has 0 bridgehead atoms. The van der Waals surface area contributed by atoms with Crippen molar-refractivity contribution in [3.63, 3.8) is 0 Å². The Kier molecular flexibility index (Phi) is 4.43. The van der Waals surface area contributed by atoms with E-state index >= 15 is 0 Å². The smallest absolute Gasteiger partial charge is 0.329 e. The standard InChI is InChI=1S/C17H19N3O5/c21-13-7-10-20(16(25)18-13)12-6-2-1-5-11(12)14(22)19-17(15(23)24)8-3-4-9-17/h1-2,5-6H,3-4,7-10H2,(H,19,22)(H,23,24)(H,18,21,25). The Hall–Kier alpha value is -2.90. The predicted molar refractivity (Wildman–Crippen MR) is 88.2 cm³/mol. The highest BCUT2D eigenvalue weighted by atomic mass is 16.4. The molecule has 2 aliphatic rings. The molecule has 4 amide bonds. The third-order valence-corrected chi connectivity index (χ3v) is 4.71. The van der Waals surface area contributed by atoms with Gasteiger partial charge in [-0.3, -0.25) is 19.8 Å². The third-order valence-electron chi connectivity index (χ3n) is 4.71. The normalized spacial score (nSPS) is 19.4. The number of benzene rings is 1. The molecule has 8 heteroatoms. The molecule has 0 aromatic heterocycles. The lowest BCUT2D eigenvalue weighted by molar-refractivity contribution is -0.144. The van der Waals surface area contributed by atoms with Crippen molar-refractivity contribution in [2.45, 2.75) is 37.6 Å². The van der Waals surface area contributed by atoms with Gasteiger partial charge in [0.25, 0.3) is 5.91 Å². The van der Waals surface area contributed by atoms with Gasteiger partial charge in [0.1, 0.15) is 5.54 Å². The molecule has 25 heavy (non-hydrogen) atoms. The summed E-state index contributed by atoms with van der Waals surface area (Å²) in [4.78, 5) is 49.1. The maximum absolute atomic E-state index is 12.7. The molecule has 0 spiro atoms. The van der Waals surface area contributed by atoms with Crippen LogP contribution in [-0.4, -0.2) is 41.0 Å². The van der Waals surface area contributed by atoms with E-state index in [9.17, 15) is 24.3 Å². The van der Waals surface area contributed by atoms with Gasteiger partial charge in [0, 0.05) is 13.0 Å². The Morgan fingerprint density at radius 3 is 2.48 bits per heavy atom. The molecule has 1 aliphatic carbocycles. The van der Waals surface area contributed by atoms with Crippen LogP contribution in [0.5, 0.6) is 0 Å². The van der Waals surface area contributed by atoms with Crippen LogP contribution >= 0.6 is 0 Å². The predicted octanol–water partition coefficient (Wildman–Crippen LogP) is 1.26. The van der Waals surface area contributed by atoms with Crippen LogP contribution in [0.1, 0.15) is 42.5 Å². The molecule has 8 nitrogen and oxygen atoms in total. The molecule has 1 saturated heterocycles. The van der Waals surface area contributed by atoms with Crippen LogP contribution in [0.25, 0.3) is 0 Å². The minimum Gasteiger partial charge on any atom is -0.480 e. The van der Waals surface area contributed by atoms with Crippen LogP contribution in [0.3, 0.4) is 0 Å². The maximum Gasteiger partial charge on any atom is 0.329 e. The van der Waals surface area contributed by atoms with E-state index in [0.29, 0.717) is 18.5 Å². The number of aliphatic carboxylic acids is 1. The fraction of sp³-hybridized carbons (Fsp3) is 0.412. The first-order valence-electron chi connectivity index (χ1n) is 8.19. The van der Waals surface area contributed by atoms with Crippen LogP contribution in [0.15, 0.2) is 24.3 Å². The van der Waals surface area contributed by atoms with Gasteiger partial charge in [-0.15, -0.1) is 0 Å². The number of urea groups is 1. The number of hydrogen-bond acceptors (Lipinski definition) is 4. The van der Waals surface area contributed by atoms with Gasteiger partial charge in [-0.2, -0.15) is 0 Å². The molecule has 0 atom stereocenters. The van der Waals surface area contributed by atoms with E-state index in [4.69, 9.17) is 0 Å². The molecule has 1 saturated carbocycles. The second-order valence-corrected chi connectivity index (χ2v) is 6.32. The van der Waals surface area contributed by atoms with E-state index in [0.717, 1.165) is 12.8 Å². The number of hydrogen-bond donors (Lipinski definition) is 3. The lowest BCUT2D eigenvalue weighted by Crippen LogP contribution is -2.53. The van der Waals surface area contributed by atoms with Crippen molar-refractivity contribution in [1.82, 2.24) is 10.6 Å². The van der Waals surface area contributed by atoms with Crippen molar-refractivity contribution in [1.29, 1.82) is 0 Å². The highest BCUT2D eigenvalue weighted by Gasteiger charge is 2.43. The number of carbonyl (C=O) groups is 4. The second kappa shape index (κ2) is 6.54. The summed E-state index contributed by atoms with van der Waals surface area (Å²) in [5.74, 6) is -1.94. The van der Waals surface area contributed by atoms with Crippen LogP contribution in [0, 0.1) is 0 Å². The Balaban J connectivity index is 1.88. The molecule has 132 valence electrons. The highest BCUT2D eigenvalue weighted by Crippen LogP contribution is 2.31. The van der Waals surface area contributed by atoms with Gasteiger partial charge in [0.15, 0.2) is 0 Å². The first-order valence-corrected chi connectivity index (χ1v) is 8.19. The molecule has 1 aromatic rings. The largest absolute Gasteiger partial charge is 0.480 e. The summed E-state index contributed by atoms with van der Waals surface area (Å²) in [5, 5.41) is 14.4. The number of anilines is 1. The maximum atomic E-state index is 12.7. The zero-order chi connectivity index (χ0) is 18.0. The van der Waals surface area contributed by atoms with Crippen LogP contribution in [-0.2, 0) is 9.59 Å². The lowest BCUT2D eigenvalue weighted by Gasteiger charge is -2.30. The molecule has 1 aliphatic heterocycles. The number of nitrogens with zero attached hydrogens (tertiary/aromatic N) is 1. The first kappa shape index (κ1) is 16.9. The highest BCUT2D eigenvalue weighted by molar-refractivity contribution is 6.10. The van der Waals surface area contributed by atoms with Crippen molar-refractivity contribution in [3.8, 4) is 0 Å². The summed E-state index contributed by atoms with van der Waals surface area (Å²) >= 11 is 0. The fourth-order valence-electron chi connectivity index (χ4n) is 3.35. The van der Waals surface area contributed by atoms with Crippen molar-refractivity contribution in [2.24, 2.45) is 0 Å². The van der Waals surface area contributed by atoms with Gasteiger partial charge in [-0.05, 0) is 25.0 Å². The number of amides is 4. The van der Waals surface area contributed by atoms with Gasteiger partial charge in [0.2, 0.25) is 5.91 Å². The Labute approximate surface area is 144 Å². The average molecular weight is 345 g/mol. The first-order chi connectivity index (χ1) is 11.9. The van der Waals surface area contributed by atoms with Gasteiger partial charge in [0.05, 0.1) is 11.3 Å². The molecule has 1 aromatic carbocycles. The fourth-order valence-corrected chi connectivity index (χ4v) is 3.35. The minimum absolute atomic E-state index is 0.140. The monoisotopic (exact) mass is 345 g/mol. The lowest BCUT2D eigenvalue weighted by atomic mass is 9.97. The topological polar surface area (TPSA) is 116 Å². The average Bonchev–Trinajstić information content (AvgIpc) is 3.05. The molecule has 1 heterocycles. The molecule has 3 N–H and O–H groups in total. The van der Waals surface area contributed by atoms with E-state index in [1.807, 2.05) is 0 Å². The number of para-hydroxylation sites is 1. The number of rotatable bonds is 4. The number of carboxylic acid groups (broad SMARTS) is 1. The van der Waals surface area contributed by atoms with Crippen LogP contribution in [0.4, 0.5) is 10.5 Å². The zero-order valence-electron chi connectivity index (χ0n) is 13.6. The molecular formula is C17H19N3O5. The van der Waals surface area contributed by atoms with E-state index in [1.165, 1.54) is 4.90 Å². The number of carbonyl (C=O) groups excluding carboxylic acids is 3. The molecule has 2 fully saturated rings. The molecule has 0 unspecified atom stereocenters. The van der Waals surface area contributed by atoms with Crippen LogP contribution < -0.4 is 15.5 Å². The quantitative estimate of drug-likeness (QED) is 0.760. The molecule has 3 rings (SSSR count). The van der Waals surface area contributed by atoms with Gasteiger partial charge in [-0.25, -0.2) is 9.59 Å². The van der Waals surface area contributed by atoms with Crippen molar-refractivity contribution in [3.05, 3.63) is 29.8 Å². The Bertz CT molecular complexity index is 740. The molecular weight excluding hydrogens is 326 g/mol. The summed E-state index contributed by atoms with van der Waals surface area (Å²) in [5.41, 5.74) is -0.701. The summed E-state index contributed by atoms with van der Waals surface area (Å²) in [6.45, 7) is 0.166. The summed E-state index contributed by atoms with van der Waals surface area (Å²) < 4.78 is 0. The second-order valence-electron chi connectivity index (χ2n) is 6.32. The van der Waals surface area contributed by atoms with E-state index in [1.54, 1.807) is 24.3 Å². The van der Waals surface area contributed by atoms with Crippen LogP contribution in [0.2, 0.25) is 0 Å². The zero-order valence-corrected chi connectivity index (χ0v) is 13.6. The molecule has 0 radical (unpaired) electrons. The summed E-state index contributed by atoms with van der Waals surface area (Å²) in [6, 6.07) is 5.88.